The van der Waals surface area contributed by atoms with E-state index in [-0.39, 0.29) is 11.3 Å². The lowest BCUT2D eigenvalue weighted by Gasteiger charge is -2.31. The predicted octanol–water partition coefficient (Wildman–Crippen LogP) is 1.35. The molecule has 9 heteroatoms. The zero-order valence-corrected chi connectivity index (χ0v) is 12.8. The van der Waals surface area contributed by atoms with Gasteiger partial charge in [-0.15, -0.1) is 0 Å². The minimum atomic E-state index is -1.12. The van der Waals surface area contributed by atoms with Gasteiger partial charge in [0.05, 0.1) is 0 Å². The van der Waals surface area contributed by atoms with E-state index >= 15 is 0 Å². The molecule has 7 nitrogen and oxygen atoms in total. The number of anilines is 1. The molecule has 0 radical (unpaired) electrons. The first-order valence-electron chi connectivity index (χ1n) is 6.74. The number of hydrogen-bond acceptors (Lipinski definition) is 5. The van der Waals surface area contributed by atoms with Crippen molar-refractivity contribution in [3.05, 3.63) is 11.0 Å². The Hall–Kier alpha value is -1.25. The van der Waals surface area contributed by atoms with E-state index in [1.165, 1.54) is 4.90 Å². The second-order valence-corrected chi connectivity index (χ2v) is 6.97. The van der Waals surface area contributed by atoms with Gasteiger partial charge in [0.25, 0.3) is 0 Å². The third-order valence-electron chi connectivity index (χ3n) is 3.69. The molecule has 0 aliphatic carbocycles. The second kappa shape index (κ2) is 5.86. The van der Waals surface area contributed by atoms with Crippen molar-refractivity contribution in [3.8, 4) is 0 Å². The van der Waals surface area contributed by atoms with Gasteiger partial charge >= 0.3 is 6.09 Å². The van der Waals surface area contributed by atoms with Crippen LogP contribution in [0.5, 0.6) is 0 Å². The summed E-state index contributed by atoms with van der Waals surface area (Å²) < 4.78 is 12.1. The fourth-order valence-corrected chi connectivity index (χ4v) is 4.23. The first-order valence-corrected chi connectivity index (χ1v) is 8.43. The van der Waals surface area contributed by atoms with Crippen LogP contribution in [-0.4, -0.2) is 55.5 Å². The number of fused-ring (bicyclic) bond motifs is 1. The standard InChI is InChI=1S/C12H15ClN4O3S/c13-11-15-8-3-5-21(20)9(8)10(16-11)14-7-2-1-4-17(6-7)12(18)19/h7H,1-6H2,(H,18,19)(H,14,15,16)/t7-,21-/m1/s1. The number of carbonyl (C=O) groups is 1. The molecule has 2 atom stereocenters. The van der Waals surface area contributed by atoms with Crippen molar-refractivity contribution in [2.45, 2.75) is 30.2 Å². The second-order valence-electron chi connectivity index (χ2n) is 5.13. The molecule has 3 rings (SSSR count). The minimum absolute atomic E-state index is 0.0532. The Morgan fingerprint density at radius 2 is 2.33 bits per heavy atom. The number of nitrogens with zero attached hydrogens (tertiary/aromatic N) is 3. The highest BCUT2D eigenvalue weighted by Crippen LogP contribution is 2.32. The van der Waals surface area contributed by atoms with Crippen molar-refractivity contribution >= 4 is 34.7 Å². The smallest absolute Gasteiger partial charge is 0.407 e. The molecule has 1 aromatic heterocycles. The zero-order chi connectivity index (χ0) is 15.0. The molecule has 3 heterocycles. The average Bonchev–Trinajstić information content (AvgIpc) is 2.80. The van der Waals surface area contributed by atoms with Crippen LogP contribution >= 0.6 is 11.6 Å². The molecule has 1 aromatic rings. The van der Waals surface area contributed by atoms with Crippen molar-refractivity contribution in [1.29, 1.82) is 0 Å². The normalized spacial score (nSPS) is 24.8. The van der Waals surface area contributed by atoms with Crippen molar-refractivity contribution < 1.29 is 14.5 Å². The van der Waals surface area contributed by atoms with Crippen LogP contribution in [0.4, 0.5) is 10.6 Å². The van der Waals surface area contributed by atoms with E-state index in [9.17, 15) is 9.35 Å². The lowest BCUT2D eigenvalue weighted by Crippen LogP contribution is -2.44. The van der Waals surface area contributed by atoms with Crippen molar-refractivity contribution in [2.75, 3.05) is 24.2 Å². The molecule has 1 saturated heterocycles. The minimum Gasteiger partial charge on any atom is -0.611 e. The van der Waals surface area contributed by atoms with Gasteiger partial charge in [0.15, 0.2) is 5.82 Å². The van der Waals surface area contributed by atoms with Gasteiger partial charge < -0.3 is 19.9 Å². The molecular weight excluding hydrogens is 316 g/mol. The fourth-order valence-electron chi connectivity index (χ4n) is 2.73. The number of halogens is 1. The number of piperidine rings is 1. The zero-order valence-electron chi connectivity index (χ0n) is 11.2. The highest BCUT2D eigenvalue weighted by atomic mass is 35.5. The molecule has 21 heavy (non-hydrogen) atoms. The fraction of sp³-hybridized carbons (Fsp3) is 0.583. The van der Waals surface area contributed by atoms with Crippen molar-refractivity contribution in [3.63, 3.8) is 0 Å². The van der Waals surface area contributed by atoms with Gasteiger partial charge in [-0.3, -0.25) is 0 Å². The highest BCUT2D eigenvalue weighted by molar-refractivity contribution is 7.91. The molecule has 2 N–H and O–H groups in total. The van der Waals surface area contributed by atoms with E-state index in [0.29, 0.717) is 36.0 Å². The molecule has 1 fully saturated rings. The van der Waals surface area contributed by atoms with E-state index in [0.717, 1.165) is 18.5 Å². The number of hydrogen-bond donors (Lipinski definition) is 2. The lowest BCUT2D eigenvalue weighted by molar-refractivity contribution is 0.132. The Bertz CT molecular complexity index is 574. The largest absolute Gasteiger partial charge is 0.611 e. The molecule has 1 amide bonds. The molecule has 0 bridgehead atoms. The molecule has 114 valence electrons. The van der Waals surface area contributed by atoms with Crippen molar-refractivity contribution in [1.82, 2.24) is 14.9 Å². The van der Waals surface area contributed by atoms with Gasteiger partial charge in [0, 0.05) is 25.6 Å². The van der Waals surface area contributed by atoms with Crippen LogP contribution < -0.4 is 5.32 Å². The summed E-state index contributed by atoms with van der Waals surface area (Å²) in [6.45, 7) is 0.931. The third-order valence-corrected chi connectivity index (χ3v) is 5.32. The quantitative estimate of drug-likeness (QED) is 0.627. The summed E-state index contributed by atoms with van der Waals surface area (Å²) in [4.78, 5) is 21.3. The molecular formula is C12H15ClN4O3S. The Kier molecular flexibility index (Phi) is 4.10. The van der Waals surface area contributed by atoms with Crippen LogP contribution in [0.1, 0.15) is 18.5 Å². The number of aryl methyl sites for hydroxylation is 1. The highest BCUT2D eigenvalue weighted by Gasteiger charge is 2.33. The average molecular weight is 331 g/mol. The summed E-state index contributed by atoms with van der Waals surface area (Å²) in [6.07, 6.45) is 1.34. The van der Waals surface area contributed by atoms with E-state index in [4.69, 9.17) is 16.7 Å². The first-order chi connectivity index (χ1) is 10.0. The number of rotatable bonds is 2. The Morgan fingerprint density at radius 1 is 1.52 bits per heavy atom. The molecule has 0 saturated carbocycles. The van der Waals surface area contributed by atoms with Crippen LogP contribution in [0, 0.1) is 0 Å². The summed E-state index contributed by atoms with van der Waals surface area (Å²) in [5.41, 5.74) is 0.724. The van der Waals surface area contributed by atoms with Crippen LogP contribution in [0.3, 0.4) is 0 Å². The molecule has 0 spiro atoms. The lowest BCUT2D eigenvalue weighted by atomic mass is 10.1. The van der Waals surface area contributed by atoms with Gasteiger partial charge in [-0.1, -0.05) is 0 Å². The number of aromatic nitrogens is 2. The number of likely N-dealkylation sites (tertiary alicyclic amines) is 1. The van der Waals surface area contributed by atoms with E-state index in [1.54, 1.807) is 0 Å². The van der Waals surface area contributed by atoms with Crippen LogP contribution in [0.25, 0.3) is 0 Å². The first kappa shape index (κ1) is 14.7. The van der Waals surface area contributed by atoms with Gasteiger partial charge in [-0.25, -0.2) is 9.78 Å². The van der Waals surface area contributed by atoms with Gasteiger partial charge in [-0.05, 0) is 35.6 Å². The third kappa shape index (κ3) is 3.02. The Morgan fingerprint density at radius 3 is 3.10 bits per heavy atom. The van der Waals surface area contributed by atoms with Gasteiger partial charge in [-0.2, -0.15) is 4.98 Å². The molecule has 2 aliphatic rings. The maximum atomic E-state index is 12.1. The Labute approximate surface area is 129 Å². The Balaban J connectivity index is 1.80. The van der Waals surface area contributed by atoms with E-state index in [1.807, 2.05) is 0 Å². The maximum Gasteiger partial charge on any atom is 0.407 e. The van der Waals surface area contributed by atoms with Crippen LogP contribution in [-0.2, 0) is 17.6 Å². The maximum absolute atomic E-state index is 12.1. The molecule has 0 unspecified atom stereocenters. The monoisotopic (exact) mass is 330 g/mol. The van der Waals surface area contributed by atoms with Crippen LogP contribution in [0.2, 0.25) is 5.28 Å². The summed E-state index contributed by atoms with van der Waals surface area (Å²) in [6, 6.07) is -0.0532. The summed E-state index contributed by atoms with van der Waals surface area (Å²) >= 11 is 4.79. The molecule has 2 aliphatic heterocycles. The summed E-state index contributed by atoms with van der Waals surface area (Å²) in [7, 11) is 0. The van der Waals surface area contributed by atoms with Gasteiger partial charge in [0.2, 0.25) is 10.2 Å². The topological polar surface area (TPSA) is 101 Å². The van der Waals surface area contributed by atoms with Crippen LogP contribution in [0.15, 0.2) is 4.90 Å². The summed E-state index contributed by atoms with van der Waals surface area (Å²) in [5, 5.41) is 12.4. The van der Waals surface area contributed by atoms with E-state index in [2.05, 4.69) is 15.3 Å². The van der Waals surface area contributed by atoms with Gasteiger partial charge in [0.1, 0.15) is 11.4 Å². The van der Waals surface area contributed by atoms with E-state index < -0.39 is 17.3 Å². The molecule has 0 aromatic carbocycles. The summed E-state index contributed by atoms with van der Waals surface area (Å²) in [5.74, 6) is 1.02. The predicted molar refractivity (Wildman–Crippen MR) is 78.3 cm³/mol. The van der Waals surface area contributed by atoms with Crippen molar-refractivity contribution in [2.24, 2.45) is 0 Å². The SMILES string of the molecule is O=C(O)N1CCC[C@@H](Nc2nc(Cl)nc3c2[S@+]([O-])CC3)C1. The number of carboxylic acid groups (broad SMARTS) is 1. The number of nitrogens with one attached hydrogen (secondary N) is 1. The number of amides is 1.